The minimum Gasteiger partial charge on any atom is -0.493 e. The van der Waals surface area contributed by atoms with Crippen molar-refractivity contribution < 1.29 is 23.7 Å². The predicted molar refractivity (Wildman–Crippen MR) is 127 cm³/mol. The van der Waals surface area contributed by atoms with Gasteiger partial charge in [-0.2, -0.15) is 0 Å². The Morgan fingerprint density at radius 3 is 2.21 bits per heavy atom. The van der Waals surface area contributed by atoms with Gasteiger partial charge >= 0.3 is 0 Å². The Labute approximate surface area is 191 Å². The fourth-order valence-corrected chi connectivity index (χ4v) is 3.25. The molecule has 7 nitrogen and oxygen atoms in total. The molecule has 1 amide bonds. The second kappa shape index (κ2) is 9.91. The van der Waals surface area contributed by atoms with E-state index in [1.165, 1.54) is 0 Å². The van der Waals surface area contributed by atoms with Crippen LogP contribution in [0, 0.1) is 6.92 Å². The molecule has 3 aromatic carbocycles. The summed E-state index contributed by atoms with van der Waals surface area (Å²) in [6, 6.07) is 20.1. The van der Waals surface area contributed by atoms with E-state index < -0.39 is 0 Å². The van der Waals surface area contributed by atoms with Gasteiger partial charge in [0, 0.05) is 23.3 Å². The molecule has 0 aliphatic rings. The Morgan fingerprint density at radius 2 is 1.52 bits per heavy atom. The lowest BCUT2D eigenvalue weighted by Gasteiger charge is -2.13. The number of aromatic nitrogens is 1. The lowest BCUT2D eigenvalue weighted by Crippen LogP contribution is -2.20. The Kier molecular flexibility index (Phi) is 6.59. The zero-order valence-electron chi connectivity index (χ0n) is 18.6. The van der Waals surface area contributed by atoms with Crippen LogP contribution < -0.4 is 24.3 Å². The van der Waals surface area contributed by atoms with E-state index in [0.29, 0.717) is 28.7 Å². The predicted octanol–water partition coefficient (Wildman–Crippen LogP) is 5.37. The van der Waals surface area contributed by atoms with Gasteiger partial charge in [-0.1, -0.05) is 17.7 Å². The number of nitrogens with zero attached hydrogens (tertiary/aromatic N) is 1. The molecule has 0 radical (unpaired) electrons. The number of fused-ring (bicyclic) bond motifs is 1. The number of ether oxygens (including phenoxy) is 4. The molecule has 4 rings (SSSR count). The molecule has 33 heavy (non-hydrogen) atoms. The number of benzene rings is 3. The van der Waals surface area contributed by atoms with E-state index in [-0.39, 0.29) is 12.5 Å². The largest absolute Gasteiger partial charge is 0.493 e. The van der Waals surface area contributed by atoms with Gasteiger partial charge in [-0.05, 0) is 55.5 Å². The van der Waals surface area contributed by atoms with E-state index in [1.54, 1.807) is 56.8 Å². The van der Waals surface area contributed by atoms with Crippen molar-refractivity contribution in [2.75, 3.05) is 26.1 Å². The molecular weight excluding hydrogens is 420 g/mol. The van der Waals surface area contributed by atoms with Gasteiger partial charge in [0.25, 0.3) is 5.91 Å². The van der Waals surface area contributed by atoms with Crippen molar-refractivity contribution in [3.05, 3.63) is 78.5 Å². The van der Waals surface area contributed by atoms with E-state index in [4.69, 9.17) is 18.9 Å². The molecule has 0 aliphatic carbocycles. The molecule has 4 aromatic rings. The summed E-state index contributed by atoms with van der Waals surface area (Å²) >= 11 is 0. The van der Waals surface area contributed by atoms with Crippen molar-refractivity contribution in [3.63, 3.8) is 0 Å². The first kappa shape index (κ1) is 22.0. The van der Waals surface area contributed by atoms with E-state index in [1.807, 2.05) is 37.3 Å². The summed E-state index contributed by atoms with van der Waals surface area (Å²) in [5.74, 6) is 2.78. The van der Waals surface area contributed by atoms with Crippen LogP contribution in [-0.2, 0) is 4.79 Å². The third-order valence-electron chi connectivity index (χ3n) is 4.96. The standard InChI is InChI=1S/C26H24N2O5/c1-17-4-6-18(7-5-17)28-26(29)16-32-19-8-10-20(11-9-19)33-23-12-13-27-22-15-25(31-3)24(30-2)14-21(22)23/h4-15H,16H2,1-3H3,(H,28,29). The van der Waals surface area contributed by atoms with Gasteiger partial charge in [-0.15, -0.1) is 0 Å². The van der Waals surface area contributed by atoms with Gasteiger partial charge in [0.1, 0.15) is 17.2 Å². The number of aryl methyl sites for hydroxylation is 1. The van der Waals surface area contributed by atoms with Crippen molar-refractivity contribution in [2.24, 2.45) is 0 Å². The Hall–Kier alpha value is -4.26. The molecule has 168 valence electrons. The zero-order valence-corrected chi connectivity index (χ0v) is 18.6. The molecule has 0 fully saturated rings. The minimum absolute atomic E-state index is 0.0926. The average molecular weight is 444 g/mol. The van der Waals surface area contributed by atoms with Gasteiger partial charge in [0.05, 0.1) is 19.7 Å². The molecule has 0 saturated heterocycles. The van der Waals surface area contributed by atoms with Crippen LogP contribution in [0.15, 0.2) is 72.9 Å². The van der Waals surface area contributed by atoms with Gasteiger partial charge in [-0.25, -0.2) is 0 Å². The summed E-state index contributed by atoms with van der Waals surface area (Å²) in [7, 11) is 3.17. The highest BCUT2D eigenvalue weighted by Gasteiger charge is 2.11. The number of rotatable bonds is 8. The van der Waals surface area contributed by atoms with Crippen molar-refractivity contribution in [2.45, 2.75) is 6.92 Å². The summed E-state index contributed by atoms with van der Waals surface area (Å²) in [5.41, 5.74) is 2.59. The van der Waals surface area contributed by atoms with Crippen molar-refractivity contribution in [1.82, 2.24) is 4.98 Å². The lowest BCUT2D eigenvalue weighted by molar-refractivity contribution is -0.118. The highest BCUT2D eigenvalue weighted by atomic mass is 16.5. The number of hydrogen-bond acceptors (Lipinski definition) is 6. The summed E-state index contributed by atoms with van der Waals surface area (Å²) in [5, 5.41) is 3.60. The fraction of sp³-hybridized carbons (Fsp3) is 0.154. The Morgan fingerprint density at radius 1 is 0.848 bits per heavy atom. The zero-order chi connectivity index (χ0) is 23.2. The maximum atomic E-state index is 12.1. The molecule has 0 spiro atoms. The number of carbonyl (C=O) groups is 1. The summed E-state index contributed by atoms with van der Waals surface area (Å²) in [6.45, 7) is 1.90. The molecule has 0 atom stereocenters. The lowest BCUT2D eigenvalue weighted by atomic mass is 10.2. The van der Waals surface area contributed by atoms with E-state index >= 15 is 0 Å². The number of nitrogens with one attached hydrogen (secondary N) is 1. The first-order valence-corrected chi connectivity index (χ1v) is 10.3. The van der Waals surface area contributed by atoms with E-state index in [2.05, 4.69) is 10.3 Å². The van der Waals surface area contributed by atoms with Crippen molar-refractivity contribution in [1.29, 1.82) is 0 Å². The van der Waals surface area contributed by atoms with Crippen molar-refractivity contribution >= 4 is 22.5 Å². The molecule has 0 saturated carbocycles. The monoisotopic (exact) mass is 444 g/mol. The first-order chi connectivity index (χ1) is 16.1. The third-order valence-corrected chi connectivity index (χ3v) is 4.96. The maximum absolute atomic E-state index is 12.1. The van der Waals surface area contributed by atoms with Crippen LogP contribution in [-0.4, -0.2) is 31.7 Å². The van der Waals surface area contributed by atoms with Gasteiger partial charge < -0.3 is 24.3 Å². The topological polar surface area (TPSA) is 78.9 Å². The SMILES string of the molecule is COc1cc2nccc(Oc3ccc(OCC(=O)Nc4ccc(C)cc4)cc3)c2cc1OC. The van der Waals surface area contributed by atoms with Gasteiger partial charge in [0.2, 0.25) is 0 Å². The van der Waals surface area contributed by atoms with Crippen LogP contribution >= 0.6 is 0 Å². The fourth-order valence-electron chi connectivity index (χ4n) is 3.25. The molecule has 7 heteroatoms. The third kappa shape index (κ3) is 5.33. The smallest absolute Gasteiger partial charge is 0.262 e. The van der Waals surface area contributed by atoms with Crippen LogP contribution in [0.2, 0.25) is 0 Å². The highest BCUT2D eigenvalue weighted by molar-refractivity contribution is 5.92. The van der Waals surface area contributed by atoms with Gasteiger partial charge in [0.15, 0.2) is 18.1 Å². The summed E-state index contributed by atoms with van der Waals surface area (Å²) in [6.07, 6.45) is 1.67. The van der Waals surface area contributed by atoms with E-state index in [0.717, 1.165) is 22.2 Å². The normalized spacial score (nSPS) is 10.5. The van der Waals surface area contributed by atoms with Crippen molar-refractivity contribution in [3.8, 4) is 28.7 Å². The summed E-state index contributed by atoms with van der Waals surface area (Å²) in [4.78, 5) is 16.5. The minimum atomic E-state index is -0.230. The molecular formula is C26H24N2O5. The number of amides is 1. The molecule has 1 N–H and O–H groups in total. The second-order valence-electron chi connectivity index (χ2n) is 7.31. The average Bonchev–Trinajstić information content (AvgIpc) is 2.84. The molecule has 1 aromatic heterocycles. The number of anilines is 1. The van der Waals surface area contributed by atoms with E-state index in [9.17, 15) is 4.79 Å². The number of carbonyl (C=O) groups excluding carboxylic acids is 1. The molecule has 0 bridgehead atoms. The summed E-state index contributed by atoms with van der Waals surface area (Å²) < 4.78 is 22.4. The second-order valence-corrected chi connectivity index (χ2v) is 7.31. The molecule has 1 heterocycles. The number of hydrogen-bond donors (Lipinski definition) is 1. The maximum Gasteiger partial charge on any atom is 0.262 e. The first-order valence-electron chi connectivity index (χ1n) is 10.3. The number of pyridine rings is 1. The van der Waals surface area contributed by atoms with Crippen LogP contribution in [0.1, 0.15) is 5.56 Å². The molecule has 0 unspecified atom stereocenters. The van der Waals surface area contributed by atoms with Gasteiger partial charge in [-0.3, -0.25) is 9.78 Å². The highest BCUT2D eigenvalue weighted by Crippen LogP contribution is 2.37. The van der Waals surface area contributed by atoms with Crippen LogP contribution in [0.25, 0.3) is 10.9 Å². The Balaban J connectivity index is 1.41. The molecule has 0 aliphatic heterocycles. The van der Waals surface area contributed by atoms with Crippen LogP contribution in [0.4, 0.5) is 5.69 Å². The van der Waals surface area contributed by atoms with Crippen LogP contribution in [0.3, 0.4) is 0 Å². The Bertz CT molecular complexity index is 1250. The quantitative estimate of drug-likeness (QED) is 0.394. The van der Waals surface area contributed by atoms with Crippen LogP contribution in [0.5, 0.6) is 28.7 Å². The number of methoxy groups -OCH3 is 2.